The fraction of sp³-hybridized carbons (Fsp3) is 0.357. The number of ether oxygens (including phenoxy) is 1. The summed E-state index contributed by atoms with van der Waals surface area (Å²) in [6, 6.07) is 10.0. The molecule has 2 aromatic rings. The third-order valence-electron chi connectivity index (χ3n) is 3.14. The summed E-state index contributed by atoms with van der Waals surface area (Å²) < 4.78 is 5.37. The summed E-state index contributed by atoms with van der Waals surface area (Å²) in [4.78, 5) is 4.68. The fourth-order valence-corrected chi connectivity index (χ4v) is 3.22. The Morgan fingerprint density at radius 1 is 1.17 bits per heavy atom. The highest BCUT2D eigenvalue weighted by Crippen LogP contribution is 2.29. The molecule has 3 rings (SSSR count). The molecule has 2 N–H and O–H groups in total. The number of hydrogen-bond donors (Lipinski definition) is 1. The lowest BCUT2D eigenvalue weighted by Crippen LogP contribution is -2.17. The lowest BCUT2D eigenvalue weighted by molar-refractivity contribution is 0.1000. The molecule has 2 heterocycles. The van der Waals surface area contributed by atoms with Crippen LogP contribution in [0.4, 0.5) is 5.69 Å². The number of thioether (sulfide) groups is 1. The predicted octanol–water partition coefficient (Wildman–Crippen LogP) is 3.09. The number of nitrogens with zero attached hydrogens (tertiary/aromatic N) is 1. The van der Waals surface area contributed by atoms with Gasteiger partial charge in [-0.05, 0) is 37.1 Å². The second kappa shape index (κ2) is 5.16. The Morgan fingerprint density at radius 3 is 2.83 bits per heavy atom. The highest BCUT2D eigenvalue weighted by atomic mass is 32.2. The van der Waals surface area contributed by atoms with Gasteiger partial charge in [-0.3, -0.25) is 0 Å². The molecule has 18 heavy (non-hydrogen) atoms. The molecule has 0 spiro atoms. The van der Waals surface area contributed by atoms with Gasteiger partial charge in [0.25, 0.3) is 0 Å². The summed E-state index contributed by atoms with van der Waals surface area (Å²) in [5.41, 5.74) is 7.57. The normalized spacial score (nSPS) is 17.1. The topological polar surface area (TPSA) is 48.1 Å². The van der Waals surface area contributed by atoms with Crippen molar-refractivity contribution in [3.63, 3.8) is 0 Å². The predicted molar refractivity (Wildman–Crippen MR) is 75.9 cm³/mol. The molecule has 1 aromatic carbocycles. The molecule has 94 valence electrons. The summed E-state index contributed by atoms with van der Waals surface area (Å²) >= 11 is 1.86. The van der Waals surface area contributed by atoms with Crippen molar-refractivity contribution in [2.45, 2.75) is 23.1 Å². The average molecular weight is 260 g/mol. The van der Waals surface area contributed by atoms with Crippen molar-refractivity contribution in [3.05, 3.63) is 30.3 Å². The molecule has 1 fully saturated rings. The monoisotopic (exact) mass is 260 g/mol. The van der Waals surface area contributed by atoms with E-state index in [0.29, 0.717) is 5.25 Å². The smallest absolute Gasteiger partial charge is 0.0970 e. The zero-order valence-electron chi connectivity index (χ0n) is 10.1. The number of pyridine rings is 1. The SMILES string of the molecule is Nc1ccc2nc(SC3CCOCC3)ccc2c1. The molecule has 0 bridgehead atoms. The van der Waals surface area contributed by atoms with E-state index in [9.17, 15) is 0 Å². The molecule has 1 saturated heterocycles. The van der Waals surface area contributed by atoms with Gasteiger partial charge in [0.1, 0.15) is 0 Å². The van der Waals surface area contributed by atoms with Crippen molar-refractivity contribution in [2.75, 3.05) is 18.9 Å². The van der Waals surface area contributed by atoms with Crippen LogP contribution in [0.15, 0.2) is 35.4 Å². The summed E-state index contributed by atoms with van der Waals surface area (Å²) in [5.74, 6) is 0. The molecule has 0 saturated carbocycles. The molecular formula is C14H16N2OS. The minimum absolute atomic E-state index is 0.637. The number of nitrogen functional groups attached to an aromatic ring is 1. The number of benzene rings is 1. The first-order valence-corrected chi connectivity index (χ1v) is 7.10. The van der Waals surface area contributed by atoms with Crippen LogP contribution in [0.1, 0.15) is 12.8 Å². The van der Waals surface area contributed by atoms with E-state index in [1.165, 1.54) is 0 Å². The van der Waals surface area contributed by atoms with Crippen LogP contribution in [0.2, 0.25) is 0 Å². The highest BCUT2D eigenvalue weighted by molar-refractivity contribution is 7.99. The maximum Gasteiger partial charge on any atom is 0.0970 e. The summed E-state index contributed by atoms with van der Waals surface area (Å²) in [7, 11) is 0. The lowest BCUT2D eigenvalue weighted by atomic mass is 10.2. The van der Waals surface area contributed by atoms with Crippen molar-refractivity contribution in [1.29, 1.82) is 0 Å². The van der Waals surface area contributed by atoms with Gasteiger partial charge in [0.2, 0.25) is 0 Å². The molecule has 1 aromatic heterocycles. The second-order valence-corrected chi connectivity index (χ2v) is 5.85. The van der Waals surface area contributed by atoms with Crippen LogP contribution < -0.4 is 5.73 Å². The van der Waals surface area contributed by atoms with Gasteiger partial charge in [0.05, 0.1) is 10.5 Å². The number of fused-ring (bicyclic) bond motifs is 1. The van der Waals surface area contributed by atoms with E-state index in [2.05, 4.69) is 17.1 Å². The van der Waals surface area contributed by atoms with Gasteiger partial charge in [0, 0.05) is 29.5 Å². The number of nitrogens with two attached hydrogens (primary N) is 1. The Hall–Kier alpha value is -1.26. The standard InChI is InChI=1S/C14H16N2OS/c15-11-2-3-13-10(9-11)1-4-14(16-13)18-12-5-7-17-8-6-12/h1-4,9,12H,5-8,15H2. The van der Waals surface area contributed by atoms with E-state index in [1.807, 2.05) is 30.0 Å². The fourth-order valence-electron chi connectivity index (χ4n) is 2.16. The van der Waals surface area contributed by atoms with Gasteiger partial charge in [-0.15, -0.1) is 11.8 Å². The van der Waals surface area contributed by atoms with E-state index in [1.54, 1.807) is 0 Å². The molecule has 0 aliphatic carbocycles. The van der Waals surface area contributed by atoms with Crippen LogP contribution in [0, 0.1) is 0 Å². The van der Waals surface area contributed by atoms with Crippen molar-refractivity contribution in [1.82, 2.24) is 4.98 Å². The molecule has 3 nitrogen and oxygen atoms in total. The number of hydrogen-bond acceptors (Lipinski definition) is 4. The van der Waals surface area contributed by atoms with E-state index < -0.39 is 0 Å². The van der Waals surface area contributed by atoms with Crippen molar-refractivity contribution < 1.29 is 4.74 Å². The Balaban J connectivity index is 1.82. The van der Waals surface area contributed by atoms with Gasteiger partial charge >= 0.3 is 0 Å². The molecule has 1 aliphatic rings. The van der Waals surface area contributed by atoms with Crippen LogP contribution in [-0.4, -0.2) is 23.4 Å². The van der Waals surface area contributed by atoms with Crippen LogP contribution in [0.25, 0.3) is 10.9 Å². The largest absolute Gasteiger partial charge is 0.399 e. The van der Waals surface area contributed by atoms with Gasteiger partial charge < -0.3 is 10.5 Å². The van der Waals surface area contributed by atoms with E-state index >= 15 is 0 Å². The summed E-state index contributed by atoms with van der Waals surface area (Å²) in [6.45, 7) is 1.75. The Kier molecular flexibility index (Phi) is 3.39. The van der Waals surface area contributed by atoms with Crippen LogP contribution in [0.5, 0.6) is 0 Å². The number of rotatable bonds is 2. The van der Waals surface area contributed by atoms with Gasteiger partial charge in [-0.2, -0.15) is 0 Å². The minimum atomic E-state index is 0.637. The highest BCUT2D eigenvalue weighted by Gasteiger charge is 2.15. The first-order valence-electron chi connectivity index (χ1n) is 6.22. The average Bonchev–Trinajstić information content (AvgIpc) is 2.40. The molecule has 0 atom stereocenters. The molecule has 0 unspecified atom stereocenters. The van der Waals surface area contributed by atoms with E-state index in [-0.39, 0.29) is 0 Å². The van der Waals surface area contributed by atoms with Crippen LogP contribution in [-0.2, 0) is 4.74 Å². The first-order chi connectivity index (χ1) is 8.81. The molecule has 0 radical (unpaired) electrons. The lowest BCUT2D eigenvalue weighted by Gasteiger charge is -2.20. The number of aromatic nitrogens is 1. The maximum absolute atomic E-state index is 5.76. The molecule has 0 amide bonds. The minimum Gasteiger partial charge on any atom is -0.399 e. The van der Waals surface area contributed by atoms with E-state index in [0.717, 1.165) is 47.7 Å². The molecule has 4 heteroatoms. The zero-order chi connectivity index (χ0) is 12.4. The van der Waals surface area contributed by atoms with Gasteiger partial charge in [-0.1, -0.05) is 6.07 Å². The quantitative estimate of drug-likeness (QED) is 0.843. The van der Waals surface area contributed by atoms with Crippen LogP contribution >= 0.6 is 11.8 Å². The van der Waals surface area contributed by atoms with Crippen LogP contribution in [0.3, 0.4) is 0 Å². The van der Waals surface area contributed by atoms with Crippen molar-refractivity contribution in [2.24, 2.45) is 0 Å². The molecular weight excluding hydrogens is 244 g/mol. The van der Waals surface area contributed by atoms with Crippen molar-refractivity contribution in [3.8, 4) is 0 Å². The third-order valence-corrected chi connectivity index (χ3v) is 4.42. The Labute approximate surface area is 111 Å². The maximum atomic E-state index is 5.76. The molecule has 1 aliphatic heterocycles. The van der Waals surface area contributed by atoms with E-state index in [4.69, 9.17) is 10.5 Å². The van der Waals surface area contributed by atoms with Gasteiger partial charge in [-0.25, -0.2) is 4.98 Å². The Morgan fingerprint density at radius 2 is 2.00 bits per heavy atom. The zero-order valence-corrected chi connectivity index (χ0v) is 11.0. The first kappa shape index (κ1) is 11.8. The Bertz CT molecular complexity index is 552. The summed E-state index contributed by atoms with van der Waals surface area (Å²) in [6.07, 6.45) is 2.23. The van der Waals surface area contributed by atoms with Crippen molar-refractivity contribution >= 4 is 28.4 Å². The third kappa shape index (κ3) is 2.60. The second-order valence-electron chi connectivity index (χ2n) is 4.53. The number of anilines is 1. The summed E-state index contributed by atoms with van der Waals surface area (Å²) in [5, 5.41) is 2.84. The van der Waals surface area contributed by atoms with Gasteiger partial charge in [0.15, 0.2) is 0 Å².